The molecule has 0 atom stereocenters. The maximum absolute atomic E-state index is 13.7. The van der Waals surface area contributed by atoms with E-state index >= 15 is 0 Å². The fourth-order valence-corrected chi connectivity index (χ4v) is 4.54. The van der Waals surface area contributed by atoms with Crippen LogP contribution < -0.4 is 25.0 Å². The zero-order chi connectivity index (χ0) is 22.4. The van der Waals surface area contributed by atoms with Gasteiger partial charge < -0.3 is 20.3 Å². The number of aromatic nitrogens is 2. The third kappa shape index (κ3) is 6.25. The predicted octanol–water partition coefficient (Wildman–Crippen LogP) is 1.44. The van der Waals surface area contributed by atoms with Crippen molar-refractivity contribution in [3.8, 4) is 16.9 Å². The number of benzene rings is 1. The molecule has 0 aliphatic carbocycles. The Morgan fingerprint density at radius 2 is 2.00 bits per heavy atom. The van der Waals surface area contributed by atoms with Crippen molar-refractivity contribution in [1.29, 1.82) is 0 Å². The zero-order valence-corrected chi connectivity index (χ0v) is 18.8. The number of ether oxygens (including phenoxy) is 1. The molecule has 11 heteroatoms. The summed E-state index contributed by atoms with van der Waals surface area (Å²) in [6, 6.07) is 4.05. The molecule has 0 spiro atoms. The number of nitrogens with one attached hydrogen (secondary N) is 3. The Kier molecular flexibility index (Phi) is 7.63. The fourth-order valence-electron chi connectivity index (χ4n) is 3.33. The van der Waals surface area contributed by atoms with Gasteiger partial charge in [0.1, 0.15) is 17.4 Å². The summed E-state index contributed by atoms with van der Waals surface area (Å²) in [4.78, 5) is 11.2. The van der Waals surface area contributed by atoms with E-state index < -0.39 is 15.8 Å². The first-order valence-corrected chi connectivity index (χ1v) is 11.8. The van der Waals surface area contributed by atoms with Crippen LogP contribution in [0.25, 0.3) is 11.1 Å². The Morgan fingerprint density at radius 1 is 1.26 bits per heavy atom. The van der Waals surface area contributed by atoms with Gasteiger partial charge in [-0.1, -0.05) is 0 Å². The number of methoxy groups -OCH3 is 1. The average Bonchev–Trinajstić information content (AvgIpc) is 2.73. The number of halogens is 1. The number of piperazine rings is 1. The molecule has 0 radical (unpaired) electrons. The van der Waals surface area contributed by atoms with Gasteiger partial charge in [-0.2, -0.15) is 4.98 Å². The fraction of sp³-hybridized carbons (Fsp3) is 0.500. The first kappa shape index (κ1) is 23.2. The highest BCUT2D eigenvalue weighted by Crippen LogP contribution is 2.35. The van der Waals surface area contributed by atoms with E-state index in [-0.39, 0.29) is 18.3 Å². The summed E-state index contributed by atoms with van der Waals surface area (Å²) in [6.45, 7) is 6.90. The summed E-state index contributed by atoms with van der Waals surface area (Å²) in [6.07, 6.45) is 1.66. The van der Waals surface area contributed by atoms with Crippen LogP contribution in [0.3, 0.4) is 0 Å². The molecule has 9 nitrogen and oxygen atoms in total. The number of nitrogens with zero attached hydrogens (tertiary/aromatic N) is 3. The molecule has 1 aromatic heterocycles. The van der Waals surface area contributed by atoms with E-state index in [1.54, 1.807) is 26.1 Å². The Morgan fingerprint density at radius 3 is 2.68 bits per heavy atom. The zero-order valence-electron chi connectivity index (χ0n) is 18.0. The minimum atomic E-state index is -3.43. The first-order chi connectivity index (χ1) is 14.8. The molecule has 170 valence electrons. The summed E-state index contributed by atoms with van der Waals surface area (Å²) < 4.78 is 45.9. The quantitative estimate of drug-likeness (QED) is 0.525. The van der Waals surface area contributed by atoms with Crippen LogP contribution >= 0.6 is 0 Å². The molecule has 1 saturated heterocycles. The highest BCUT2D eigenvalue weighted by Gasteiger charge is 2.19. The Hall–Kier alpha value is -2.50. The van der Waals surface area contributed by atoms with E-state index in [1.807, 2.05) is 0 Å². The molecule has 1 fully saturated rings. The third-order valence-corrected chi connectivity index (χ3v) is 6.28. The molecule has 1 aromatic carbocycles. The van der Waals surface area contributed by atoms with Crippen LogP contribution in [0.2, 0.25) is 0 Å². The summed E-state index contributed by atoms with van der Waals surface area (Å²) in [5.74, 6) is 0.832. The van der Waals surface area contributed by atoms with Crippen molar-refractivity contribution in [1.82, 2.24) is 20.0 Å². The average molecular weight is 453 g/mol. The molecule has 2 heterocycles. The van der Waals surface area contributed by atoms with Crippen LogP contribution in [0.5, 0.6) is 5.75 Å². The number of hydrogen-bond acceptors (Lipinski definition) is 8. The highest BCUT2D eigenvalue weighted by atomic mass is 32.2. The molecule has 0 unspecified atom stereocenters. The minimum Gasteiger partial charge on any atom is -0.496 e. The second kappa shape index (κ2) is 10.2. The Balaban J connectivity index is 1.91. The van der Waals surface area contributed by atoms with E-state index in [2.05, 4.69) is 30.2 Å². The SMILES string of the molecule is COc1cc(F)ccc1-c1cnc(N2CCNCC2)nc1NCCS(=O)(=O)NC(C)C. The standard InChI is InChI=1S/C20H29FN6O3S/c1-14(2)26-31(28,29)11-8-23-19-17(16-5-4-15(21)12-18(16)30-3)13-24-20(25-19)27-9-6-22-7-10-27/h4-5,12-14,22,26H,6-11H2,1-3H3,(H,23,24,25). The first-order valence-electron chi connectivity index (χ1n) is 10.2. The van der Waals surface area contributed by atoms with Crippen LogP contribution in [0.15, 0.2) is 24.4 Å². The minimum absolute atomic E-state index is 0.113. The van der Waals surface area contributed by atoms with E-state index in [0.717, 1.165) is 26.2 Å². The van der Waals surface area contributed by atoms with Gasteiger partial charge in [0.15, 0.2) is 0 Å². The maximum Gasteiger partial charge on any atom is 0.227 e. The van der Waals surface area contributed by atoms with Crippen molar-refractivity contribution in [2.24, 2.45) is 0 Å². The van der Waals surface area contributed by atoms with Crippen molar-refractivity contribution in [3.05, 3.63) is 30.2 Å². The molecule has 3 N–H and O–H groups in total. The number of sulfonamides is 1. The summed E-state index contributed by atoms with van der Waals surface area (Å²) >= 11 is 0. The second-order valence-electron chi connectivity index (χ2n) is 7.53. The van der Waals surface area contributed by atoms with Crippen molar-refractivity contribution in [2.75, 3.05) is 55.8 Å². The van der Waals surface area contributed by atoms with Gasteiger partial charge in [0.2, 0.25) is 16.0 Å². The molecule has 1 aliphatic heterocycles. The van der Waals surface area contributed by atoms with Crippen LogP contribution in [0.1, 0.15) is 13.8 Å². The molecule has 0 amide bonds. The molecular formula is C20H29FN6O3S. The van der Waals surface area contributed by atoms with Crippen LogP contribution in [0, 0.1) is 5.82 Å². The van der Waals surface area contributed by atoms with E-state index in [0.29, 0.717) is 28.6 Å². The Bertz CT molecular complexity index is 996. The lowest BCUT2D eigenvalue weighted by Gasteiger charge is -2.28. The normalized spacial score (nSPS) is 14.7. The highest BCUT2D eigenvalue weighted by molar-refractivity contribution is 7.89. The van der Waals surface area contributed by atoms with Crippen molar-refractivity contribution in [3.63, 3.8) is 0 Å². The Labute approximate surface area is 182 Å². The third-order valence-electron chi connectivity index (χ3n) is 4.71. The summed E-state index contributed by atoms with van der Waals surface area (Å²) in [5.41, 5.74) is 1.21. The maximum atomic E-state index is 13.7. The van der Waals surface area contributed by atoms with Gasteiger partial charge in [-0.25, -0.2) is 22.5 Å². The lowest BCUT2D eigenvalue weighted by molar-refractivity contribution is 0.413. The van der Waals surface area contributed by atoms with Crippen LogP contribution in [0.4, 0.5) is 16.2 Å². The van der Waals surface area contributed by atoms with Crippen LogP contribution in [-0.2, 0) is 10.0 Å². The predicted molar refractivity (Wildman–Crippen MR) is 120 cm³/mol. The largest absolute Gasteiger partial charge is 0.496 e. The lowest BCUT2D eigenvalue weighted by atomic mass is 10.1. The van der Waals surface area contributed by atoms with Gasteiger partial charge in [-0.3, -0.25) is 0 Å². The van der Waals surface area contributed by atoms with Crippen molar-refractivity contribution in [2.45, 2.75) is 19.9 Å². The summed E-state index contributed by atoms with van der Waals surface area (Å²) in [7, 11) is -1.96. The van der Waals surface area contributed by atoms with Gasteiger partial charge in [0.05, 0.1) is 12.9 Å². The van der Waals surface area contributed by atoms with Gasteiger partial charge in [-0.15, -0.1) is 0 Å². The van der Waals surface area contributed by atoms with Gasteiger partial charge in [0.25, 0.3) is 0 Å². The molecule has 0 saturated carbocycles. The smallest absolute Gasteiger partial charge is 0.227 e. The molecule has 1 aliphatic rings. The van der Waals surface area contributed by atoms with E-state index in [1.165, 1.54) is 19.2 Å². The van der Waals surface area contributed by atoms with Gasteiger partial charge in [-0.05, 0) is 26.0 Å². The van der Waals surface area contributed by atoms with Crippen LogP contribution in [-0.4, -0.2) is 70.0 Å². The van der Waals surface area contributed by atoms with Crippen molar-refractivity contribution < 1.29 is 17.5 Å². The van der Waals surface area contributed by atoms with E-state index in [9.17, 15) is 12.8 Å². The lowest BCUT2D eigenvalue weighted by Crippen LogP contribution is -2.44. The monoisotopic (exact) mass is 452 g/mol. The van der Waals surface area contributed by atoms with E-state index in [4.69, 9.17) is 4.74 Å². The molecule has 3 rings (SSSR count). The number of hydrogen-bond donors (Lipinski definition) is 3. The molecular weight excluding hydrogens is 423 g/mol. The molecule has 2 aromatic rings. The summed E-state index contributed by atoms with van der Waals surface area (Å²) in [5, 5.41) is 6.41. The molecule has 31 heavy (non-hydrogen) atoms. The van der Waals surface area contributed by atoms with Crippen molar-refractivity contribution >= 4 is 21.8 Å². The molecule has 0 bridgehead atoms. The number of anilines is 2. The second-order valence-corrected chi connectivity index (χ2v) is 9.41. The number of rotatable bonds is 9. The van der Waals surface area contributed by atoms with Gasteiger partial charge in [0, 0.05) is 62.2 Å². The topological polar surface area (TPSA) is 108 Å². The van der Waals surface area contributed by atoms with Gasteiger partial charge >= 0.3 is 0 Å².